The van der Waals surface area contributed by atoms with Crippen LogP contribution in [0.15, 0.2) is 0 Å². The summed E-state index contributed by atoms with van der Waals surface area (Å²) in [6.45, 7) is 4.07. The number of hydrogen-bond donors (Lipinski definition) is 2. The Kier molecular flexibility index (Phi) is 11.2. The van der Waals surface area contributed by atoms with Crippen LogP contribution in [-0.4, -0.2) is 17.2 Å². The molecule has 0 aromatic carbocycles. The Hall–Kier alpha value is -0.440. The summed E-state index contributed by atoms with van der Waals surface area (Å²) in [6.07, 6.45) is 4.84. The Labute approximate surface area is 86.3 Å². The van der Waals surface area contributed by atoms with Gasteiger partial charge < -0.3 is 10.4 Å². The Bertz CT molecular complexity index is 131. The molecule has 0 aliphatic carbocycles. The first kappa shape index (κ1) is 15.1. The minimum Gasteiger partial charge on any atom is -0.465 e. The van der Waals surface area contributed by atoms with E-state index in [9.17, 15) is 4.79 Å². The molecule has 0 saturated heterocycles. The fourth-order valence-electron chi connectivity index (χ4n) is 1.16. The van der Waals surface area contributed by atoms with Gasteiger partial charge in [0.1, 0.15) is 0 Å². The molecule has 80 valence electrons. The van der Waals surface area contributed by atoms with Crippen LogP contribution in [0.4, 0.5) is 4.79 Å². The molecule has 4 heteroatoms. The van der Waals surface area contributed by atoms with Crippen molar-refractivity contribution >= 4 is 18.5 Å². The number of hydrogen-bond acceptors (Lipinski definition) is 1. The monoisotopic (exact) mass is 209 g/mol. The quantitative estimate of drug-likeness (QED) is 0.661. The van der Waals surface area contributed by atoms with E-state index >= 15 is 0 Å². The summed E-state index contributed by atoms with van der Waals surface area (Å²) < 4.78 is 0. The maximum Gasteiger partial charge on any atom is 0.404 e. The lowest BCUT2D eigenvalue weighted by Crippen LogP contribution is -2.30. The molecule has 0 bridgehead atoms. The third-order valence-corrected chi connectivity index (χ3v) is 1.86. The highest BCUT2D eigenvalue weighted by molar-refractivity contribution is 5.85. The third-order valence-electron chi connectivity index (χ3n) is 1.86. The van der Waals surface area contributed by atoms with Gasteiger partial charge in [0.05, 0.1) is 0 Å². The molecule has 0 radical (unpaired) electrons. The van der Waals surface area contributed by atoms with Crippen molar-refractivity contribution in [3.63, 3.8) is 0 Å². The van der Waals surface area contributed by atoms with Crippen molar-refractivity contribution in [2.24, 2.45) is 0 Å². The van der Waals surface area contributed by atoms with Crippen LogP contribution >= 0.6 is 12.4 Å². The number of carbonyl (C=O) groups is 1. The van der Waals surface area contributed by atoms with E-state index in [1.165, 1.54) is 19.3 Å². The van der Waals surface area contributed by atoms with Crippen molar-refractivity contribution in [1.82, 2.24) is 5.32 Å². The standard InChI is InChI=1S/C9H19NO2.ClH/c1-3-4-5-6-7-8(2)10-9(11)12;/h8,10H,3-7H2,1-2H3,(H,11,12);1H. The van der Waals surface area contributed by atoms with Gasteiger partial charge in [0.2, 0.25) is 0 Å². The lowest BCUT2D eigenvalue weighted by molar-refractivity contribution is 0.190. The second-order valence-corrected chi connectivity index (χ2v) is 3.20. The first-order chi connectivity index (χ1) is 5.66. The van der Waals surface area contributed by atoms with Crippen LogP contribution in [0, 0.1) is 0 Å². The average Bonchev–Trinajstić information content (AvgIpc) is 1.97. The largest absolute Gasteiger partial charge is 0.465 e. The van der Waals surface area contributed by atoms with Gasteiger partial charge in [-0.15, -0.1) is 12.4 Å². The van der Waals surface area contributed by atoms with Crippen LogP contribution in [-0.2, 0) is 0 Å². The summed E-state index contributed by atoms with van der Waals surface area (Å²) in [4.78, 5) is 10.2. The molecule has 1 atom stereocenters. The molecule has 0 heterocycles. The highest BCUT2D eigenvalue weighted by Crippen LogP contribution is 2.04. The zero-order valence-corrected chi connectivity index (χ0v) is 9.19. The van der Waals surface area contributed by atoms with Crippen LogP contribution in [0.1, 0.15) is 46.0 Å². The summed E-state index contributed by atoms with van der Waals surface area (Å²) >= 11 is 0. The number of rotatable bonds is 6. The molecular formula is C9H20ClNO2. The Morgan fingerprint density at radius 2 is 2.00 bits per heavy atom. The van der Waals surface area contributed by atoms with Gasteiger partial charge >= 0.3 is 6.09 Å². The molecule has 2 N–H and O–H groups in total. The van der Waals surface area contributed by atoms with Gasteiger partial charge in [-0.1, -0.05) is 32.6 Å². The molecule has 3 nitrogen and oxygen atoms in total. The highest BCUT2D eigenvalue weighted by Gasteiger charge is 2.03. The minimum atomic E-state index is -0.919. The second kappa shape index (κ2) is 9.65. The minimum absolute atomic E-state index is 0. The molecule has 1 amide bonds. The average molecular weight is 210 g/mol. The molecular weight excluding hydrogens is 190 g/mol. The van der Waals surface area contributed by atoms with Crippen LogP contribution in [0.3, 0.4) is 0 Å². The van der Waals surface area contributed by atoms with Gasteiger partial charge in [0, 0.05) is 6.04 Å². The Morgan fingerprint density at radius 1 is 1.38 bits per heavy atom. The van der Waals surface area contributed by atoms with E-state index in [4.69, 9.17) is 5.11 Å². The zero-order valence-electron chi connectivity index (χ0n) is 8.38. The predicted octanol–water partition coefficient (Wildman–Crippen LogP) is 3.03. The highest BCUT2D eigenvalue weighted by atomic mass is 35.5. The van der Waals surface area contributed by atoms with Crippen LogP contribution < -0.4 is 5.32 Å². The number of nitrogens with one attached hydrogen (secondary N) is 1. The second-order valence-electron chi connectivity index (χ2n) is 3.20. The SMILES string of the molecule is CCCCCCC(C)NC(=O)O.Cl. The molecule has 0 aliphatic heterocycles. The van der Waals surface area contributed by atoms with Gasteiger partial charge in [-0.2, -0.15) is 0 Å². The number of unbranched alkanes of at least 4 members (excludes halogenated alkanes) is 3. The van der Waals surface area contributed by atoms with Crippen molar-refractivity contribution < 1.29 is 9.90 Å². The van der Waals surface area contributed by atoms with E-state index in [1.54, 1.807) is 0 Å². The predicted molar refractivity (Wildman–Crippen MR) is 56.6 cm³/mol. The molecule has 0 rings (SSSR count). The van der Waals surface area contributed by atoms with Crippen molar-refractivity contribution in [3.8, 4) is 0 Å². The van der Waals surface area contributed by atoms with E-state index in [0.717, 1.165) is 12.8 Å². The van der Waals surface area contributed by atoms with Gasteiger partial charge in [-0.05, 0) is 13.3 Å². The first-order valence-corrected chi connectivity index (χ1v) is 4.66. The fraction of sp³-hybridized carbons (Fsp3) is 0.889. The van der Waals surface area contributed by atoms with Crippen molar-refractivity contribution in [2.45, 2.75) is 52.0 Å². The molecule has 0 spiro atoms. The number of halogens is 1. The van der Waals surface area contributed by atoms with E-state index in [2.05, 4.69) is 12.2 Å². The smallest absolute Gasteiger partial charge is 0.404 e. The summed E-state index contributed by atoms with van der Waals surface area (Å²) in [5.41, 5.74) is 0. The first-order valence-electron chi connectivity index (χ1n) is 4.66. The van der Waals surface area contributed by atoms with E-state index < -0.39 is 6.09 Å². The van der Waals surface area contributed by atoms with E-state index in [-0.39, 0.29) is 18.4 Å². The van der Waals surface area contributed by atoms with Gasteiger partial charge in [-0.25, -0.2) is 4.79 Å². The van der Waals surface area contributed by atoms with Crippen LogP contribution in [0.2, 0.25) is 0 Å². The number of amides is 1. The van der Waals surface area contributed by atoms with Gasteiger partial charge in [-0.3, -0.25) is 0 Å². The molecule has 1 unspecified atom stereocenters. The van der Waals surface area contributed by atoms with Crippen LogP contribution in [0.25, 0.3) is 0 Å². The maximum absolute atomic E-state index is 10.2. The normalized spacial score (nSPS) is 11.5. The van der Waals surface area contributed by atoms with Gasteiger partial charge in [0.25, 0.3) is 0 Å². The topological polar surface area (TPSA) is 49.3 Å². The lowest BCUT2D eigenvalue weighted by Gasteiger charge is -2.09. The Balaban J connectivity index is 0. The molecule has 13 heavy (non-hydrogen) atoms. The zero-order chi connectivity index (χ0) is 9.40. The van der Waals surface area contributed by atoms with E-state index in [1.807, 2.05) is 6.92 Å². The van der Waals surface area contributed by atoms with Crippen molar-refractivity contribution in [3.05, 3.63) is 0 Å². The summed E-state index contributed by atoms with van der Waals surface area (Å²) in [7, 11) is 0. The van der Waals surface area contributed by atoms with Crippen LogP contribution in [0.5, 0.6) is 0 Å². The summed E-state index contributed by atoms with van der Waals surface area (Å²) in [5.74, 6) is 0. The van der Waals surface area contributed by atoms with Crippen molar-refractivity contribution in [2.75, 3.05) is 0 Å². The third kappa shape index (κ3) is 11.6. The lowest BCUT2D eigenvalue weighted by atomic mass is 10.1. The van der Waals surface area contributed by atoms with Gasteiger partial charge in [0.15, 0.2) is 0 Å². The van der Waals surface area contributed by atoms with E-state index in [0.29, 0.717) is 0 Å². The fourth-order valence-corrected chi connectivity index (χ4v) is 1.16. The summed E-state index contributed by atoms with van der Waals surface area (Å²) in [6, 6.07) is 0.0966. The van der Waals surface area contributed by atoms with Crippen molar-refractivity contribution in [1.29, 1.82) is 0 Å². The molecule has 0 fully saturated rings. The molecule has 0 aromatic heterocycles. The molecule has 0 saturated carbocycles. The number of carboxylic acid groups (broad SMARTS) is 1. The summed E-state index contributed by atoms with van der Waals surface area (Å²) in [5, 5.41) is 10.8. The Morgan fingerprint density at radius 3 is 2.46 bits per heavy atom. The maximum atomic E-state index is 10.2. The molecule has 0 aromatic rings. The molecule has 0 aliphatic rings.